The first-order valence-electron chi connectivity index (χ1n) is 8.27. The number of halogens is 3. The number of para-hydroxylation sites is 1. The quantitative estimate of drug-likeness (QED) is 0.591. The third kappa shape index (κ3) is 4.35. The third-order valence-corrected chi connectivity index (χ3v) is 5.13. The molecule has 11 heteroatoms. The summed E-state index contributed by atoms with van der Waals surface area (Å²) in [5, 5.41) is 0.854. The van der Waals surface area contributed by atoms with Crippen molar-refractivity contribution in [3.63, 3.8) is 0 Å². The fourth-order valence-electron chi connectivity index (χ4n) is 2.65. The minimum atomic E-state index is -5.77. The number of fused-ring (bicyclic) bond motifs is 1. The van der Waals surface area contributed by atoms with Gasteiger partial charge in [-0.2, -0.15) is 17.2 Å². The molecule has 0 fully saturated rings. The lowest BCUT2D eigenvalue weighted by Gasteiger charge is -2.13. The maximum absolute atomic E-state index is 14.0. The molecule has 0 unspecified atom stereocenters. The maximum Gasteiger partial charge on any atom is 0.397 e. The molecular formula is C18H15F3N2O5S. The maximum atomic E-state index is 14.0. The minimum absolute atomic E-state index is 0.153. The number of carbonyl (C=O) groups excluding carboxylic acids is 1. The van der Waals surface area contributed by atoms with Crippen LogP contribution in [0.4, 0.5) is 23.8 Å². The molecular weight excluding hydrogens is 413 g/mol. The van der Waals surface area contributed by atoms with Crippen LogP contribution in [0.15, 0.2) is 59.2 Å². The number of anilines is 1. The number of rotatable bonds is 7. The standard InChI is InChI=1S/C18H15F3N2O5S/c19-18(20,29(25,26)28-21)13-6-7-16-15(10-13)12(11-27-16)8-9-22-17(24)23-14-4-2-1-3-5-14/h1-7,10-11H,8-9H2,(H2,22,23,24). The lowest BCUT2D eigenvalue weighted by atomic mass is 10.1. The second-order valence-corrected chi connectivity index (χ2v) is 7.55. The van der Waals surface area contributed by atoms with E-state index in [0.29, 0.717) is 11.3 Å². The number of hydrogen-bond acceptors (Lipinski definition) is 5. The van der Waals surface area contributed by atoms with Gasteiger partial charge in [-0.15, -0.1) is 0 Å². The summed E-state index contributed by atoms with van der Waals surface area (Å²) >= 11 is 0. The molecule has 0 spiro atoms. The van der Waals surface area contributed by atoms with E-state index in [2.05, 4.69) is 15.0 Å². The van der Waals surface area contributed by atoms with Crippen LogP contribution in [-0.4, -0.2) is 21.0 Å². The van der Waals surface area contributed by atoms with E-state index in [1.807, 2.05) is 0 Å². The van der Waals surface area contributed by atoms with E-state index < -0.39 is 27.0 Å². The zero-order valence-corrected chi connectivity index (χ0v) is 15.5. The zero-order chi connectivity index (χ0) is 21.1. The lowest BCUT2D eigenvalue weighted by Crippen LogP contribution is -2.30. The van der Waals surface area contributed by atoms with Crippen molar-refractivity contribution in [3.8, 4) is 0 Å². The summed E-state index contributed by atoms with van der Waals surface area (Å²) in [6.07, 6.45) is 1.53. The van der Waals surface area contributed by atoms with Gasteiger partial charge in [0.1, 0.15) is 5.58 Å². The van der Waals surface area contributed by atoms with E-state index in [9.17, 15) is 26.5 Å². The number of furan rings is 1. The Hall–Kier alpha value is -3.05. The van der Waals surface area contributed by atoms with Crippen molar-refractivity contribution in [2.45, 2.75) is 11.7 Å². The number of hydrogen-bond donors (Lipinski definition) is 2. The van der Waals surface area contributed by atoms with Crippen LogP contribution >= 0.6 is 0 Å². The topological polar surface area (TPSA) is 97.6 Å². The molecule has 3 aromatic rings. The fraction of sp³-hybridized carbons (Fsp3) is 0.167. The van der Waals surface area contributed by atoms with Gasteiger partial charge in [0.2, 0.25) is 0 Å². The lowest BCUT2D eigenvalue weighted by molar-refractivity contribution is -0.0289. The summed E-state index contributed by atoms with van der Waals surface area (Å²) < 4.78 is 70.1. The van der Waals surface area contributed by atoms with Gasteiger partial charge >= 0.3 is 21.4 Å². The van der Waals surface area contributed by atoms with E-state index in [-0.39, 0.29) is 23.9 Å². The molecule has 3 rings (SSSR count). The van der Waals surface area contributed by atoms with Gasteiger partial charge in [0.05, 0.1) is 6.26 Å². The van der Waals surface area contributed by atoms with E-state index in [1.54, 1.807) is 30.3 Å². The molecule has 0 aliphatic carbocycles. The Morgan fingerprint density at radius 3 is 2.55 bits per heavy atom. The second kappa shape index (κ2) is 8.13. The molecule has 154 valence electrons. The number of carbonyl (C=O) groups is 1. The summed E-state index contributed by atoms with van der Waals surface area (Å²) in [7, 11) is -5.77. The van der Waals surface area contributed by atoms with Crippen LogP contribution < -0.4 is 10.6 Å². The largest absolute Gasteiger partial charge is 0.464 e. The zero-order valence-electron chi connectivity index (χ0n) is 14.7. The molecule has 1 aromatic heterocycles. The molecule has 0 saturated heterocycles. The predicted molar refractivity (Wildman–Crippen MR) is 98.4 cm³/mol. The van der Waals surface area contributed by atoms with E-state index in [0.717, 1.165) is 18.2 Å². The Kier molecular flexibility index (Phi) is 5.80. The molecule has 0 bridgehead atoms. The van der Waals surface area contributed by atoms with E-state index in [1.165, 1.54) is 6.26 Å². The van der Waals surface area contributed by atoms with E-state index in [4.69, 9.17) is 4.42 Å². The second-order valence-electron chi connectivity index (χ2n) is 6.00. The van der Waals surface area contributed by atoms with Crippen molar-refractivity contribution in [1.82, 2.24) is 5.32 Å². The van der Waals surface area contributed by atoms with Gasteiger partial charge in [-0.05, 0) is 46.8 Å². The third-order valence-electron chi connectivity index (χ3n) is 4.10. The van der Waals surface area contributed by atoms with Gasteiger partial charge in [0.15, 0.2) is 0 Å². The van der Waals surface area contributed by atoms with Crippen LogP contribution in [0.25, 0.3) is 11.0 Å². The molecule has 0 atom stereocenters. The average Bonchev–Trinajstić information content (AvgIpc) is 3.11. The van der Waals surface area contributed by atoms with Crippen molar-refractivity contribution < 1.29 is 35.3 Å². The highest BCUT2D eigenvalue weighted by molar-refractivity contribution is 7.87. The summed E-state index contributed by atoms with van der Waals surface area (Å²) in [5.74, 6) is 0. The molecule has 1 heterocycles. The summed E-state index contributed by atoms with van der Waals surface area (Å²) in [5.41, 5.74) is 0.310. The first-order chi connectivity index (χ1) is 13.7. The van der Waals surface area contributed by atoms with Crippen LogP contribution in [0.3, 0.4) is 0 Å². The van der Waals surface area contributed by atoms with Crippen molar-refractivity contribution in [3.05, 3.63) is 65.9 Å². The fourth-order valence-corrected chi connectivity index (χ4v) is 3.14. The van der Waals surface area contributed by atoms with Crippen LogP contribution in [-0.2, 0) is 26.2 Å². The molecule has 0 saturated carbocycles. The molecule has 0 aliphatic rings. The van der Waals surface area contributed by atoms with Crippen molar-refractivity contribution >= 4 is 32.8 Å². The van der Waals surface area contributed by atoms with Crippen LogP contribution in [0.1, 0.15) is 11.1 Å². The van der Waals surface area contributed by atoms with Crippen molar-refractivity contribution in [2.75, 3.05) is 11.9 Å². The Bertz CT molecular complexity index is 1120. The Balaban J connectivity index is 1.71. The van der Waals surface area contributed by atoms with Crippen molar-refractivity contribution in [2.24, 2.45) is 0 Å². The van der Waals surface area contributed by atoms with E-state index >= 15 is 0 Å². The molecule has 0 radical (unpaired) electrons. The highest BCUT2D eigenvalue weighted by Gasteiger charge is 2.49. The molecule has 2 amide bonds. The smallest absolute Gasteiger partial charge is 0.397 e. The summed E-state index contributed by atoms with van der Waals surface area (Å²) in [6.45, 7) is 0.153. The highest BCUT2D eigenvalue weighted by Crippen LogP contribution is 2.37. The monoisotopic (exact) mass is 428 g/mol. The predicted octanol–water partition coefficient (Wildman–Crippen LogP) is 4.08. The molecule has 7 nitrogen and oxygen atoms in total. The minimum Gasteiger partial charge on any atom is -0.464 e. The van der Waals surface area contributed by atoms with Gasteiger partial charge in [-0.1, -0.05) is 22.6 Å². The molecule has 29 heavy (non-hydrogen) atoms. The van der Waals surface area contributed by atoms with Gasteiger partial charge in [-0.3, -0.25) is 0 Å². The number of alkyl halides is 2. The first kappa shape index (κ1) is 20.7. The average molecular weight is 428 g/mol. The summed E-state index contributed by atoms with van der Waals surface area (Å²) in [4.78, 5) is 11.9. The van der Waals surface area contributed by atoms with Crippen LogP contribution in [0.2, 0.25) is 0 Å². The number of nitrogens with one attached hydrogen (secondary N) is 2. The first-order valence-corrected chi connectivity index (χ1v) is 9.68. The SMILES string of the molecule is O=C(NCCc1coc2ccc(C(F)(F)S(=O)(=O)OF)cc12)Nc1ccccc1. The summed E-state index contributed by atoms with van der Waals surface area (Å²) in [6, 6.07) is 11.1. The molecule has 2 aromatic carbocycles. The van der Waals surface area contributed by atoms with Crippen LogP contribution in [0, 0.1) is 0 Å². The Morgan fingerprint density at radius 2 is 1.86 bits per heavy atom. The van der Waals surface area contributed by atoms with Gasteiger partial charge < -0.3 is 15.1 Å². The number of amides is 2. The van der Waals surface area contributed by atoms with Gasteiger partial charge in [0.25, 0.3) is 0 Å². The number of benzene rings is 2. The highest BCUT2D eigenvalue weighted by atomic mass is 32.2. The van der Waals surface area contributed by atoms with Crippen LogP contribution in [0.5, 0.6) is 0 Å². The molecule has 2 N–H and O–H groups in total. The van der Waals surface area contributed by atoms with Gasteiger partial charge in [0, 0.05) is 23.2 Å². The Labute approximate surface area is 163 Å². The molecule has 0 aliphatic heterocycles. The van der Waals surface area contributed by atoms with Gasteiger partial charge in [-0.25, -0.2) is 4.79 Å². The Morgan fingerprint density at radius 1 is 1.14 bits per heavy atom. The normalized spacial score (nSPS) is 12.1. The van der Waals surface area contributed by atoms with Crippen molar-refractivity contribution in [1.29, 1.82) is 0 Å². The number of urea groups is 1.